The van der Waals surface area contributed by atoms with Crippen molar-refractivity contribution in [2.24, 2.45) is 5.92 Å². The van der Waals surface area contributed by atoms with Gasteiger partial charge in [-0.1, -0.05) is 39.7 Å². The molecule has 1 fully saturated rings. The van der Waals surface area contributed by atoms with Crippen LogP contribution in [0.15, 0.2) is 65.5 Å². The fourth-order valence-corrected chi connectivity index (χ4v) is 4.30. The Morgan fingerprint density at radius 2 is 2.06 bits per heavy atom. The molecule has 2 heterocycles. The molecule has 1 aliphatic rings. The molecule has 2 aromatic carbocycles. The van der Waals surface area contributed by atoms with Crippen molar-refractivity contribution in [3.63, 3.8) is 0 Å². The van der Waals surface area contributed by atoms with E-state index in [1.165, 1.54) is 12.4 Å². The number of halogens is 2. The van der Waals surface area contributed by atoms with Crippen LogP contribution in [0, 0.1) is 5.92 Å². The largest absolute Gasteiger partial charge is 0.489 e. The highest BCUT2D eigenvalue weighted by molar-refractivity contribution is 9.10. The predicted molar refractivity (Wildman–Crippen MR) is 128 cm³/mol. The molecule has 0 aliphatic carbocycles. The summed E-state index contributed by atoms with van der Waals surface area (Å²) >= 11 is 9.55. The van der Waals surface area contributed by atoms with Crippen molar-refractivity contribution in [2.45, 2.75) is 19.6 Å². The van der Waals surface area contributed by atoms with Crippen LogP contribution in [0.4, 0.5) is 0 Å². The molecule has 1 saturated heterocycles. The number of hydrogen-bond acceptors (Lipinski definition) is 5. The fraction of sp³-hybridized carbons (Fsp3) is 0.292. The van der Waals surface area contributed by atoms with E-state index in [2.05, 4.69) is 42.2 Å². The minimum atomic E-state index is -0.179. The zero-order valence-electron chi connectivity index (χ0n) is 17.5. The zero-order valence-corrected chi connectivity index (χ0v) is 19.8. The summed E-state index contributed by atoms with van der Waals surface area (Å²) in [4.78, 5) is 22.6. The van der Waals surface area contributed by atoms with Gasteiger partial charge in [0.2, 0.25) is 0 Å². The van der Waals surface area contributed by atoms with Crippen molar-refractivity contribution in [2.75, 3.05) is 19.6 Å². The average Bonchev–Trinajstić information content (AvgIpc) is 3.26. The Bertz CT molecular complexity index is 1050. The molecule has 1 unspecified atom stereocenters. The standard InChI is InChI=1S/C24H24BrClN4O2/c25-20-3-6-23(32-16-17-1-4-21(26)5-2-17)19(11-20)15-30-10-7-18(14-30)12-29-24(31)22-13-27-8-9-28-22/h1-6,8-9,11,13,18H,7,10,12,14-16H2,(H,29,31). The molecule has 1 aromatic heterocycles. The molecule has 32 heavy (non-hydrogen) atoms. The number of nitrogens with one attached hydrogen (secondary N) is 1. The second-order valence-corrected chi connectivity index (χ2v) is 9.21. The summed E-state index contributed by atoms with van der Waals surface area (Å²) in [5, 5.41) is 3.70. The monoisotopic (exact) mass is 514 g/mol. The molecule has 0 bridgehead atoms. The lowest BCUT2D eigenvalue weighted by molar-refractivity contribution is 0.0942. The lowest BCUT2D eigenvalue weighted by atomic mass is 10.1. The lowest BCUT2D eigenvalue weighted by Crippen LogP contribution is -2.31. The molecule has 8 heteroatoms. The van der Waals surface area contributed by atoms with Crippen molar-refractivity contribution in [3.8, 4) is 5.75 Å². The molecular weight excluding hydrogens is 492 g/mol. The molecule has 1 aliphatic heterocycles. The van der Waals surface area contributed by atoms with E-state index in [-0.39, 0.29) is 5.91 Å². The van der Waals surface area contributed by atoms with Crippen molar-refractivity contribution < 1.29 is 9.53 Å². The van der Waals surface area contributed by atoms with Crippen LogP contribution in [0.1, 0.15) is 28.0 Å². The van der Waals surface area contributed by atoms with Crippen LogP contribution < -0.4 is 10.1 Å². The molecule has 166 valence electrons. The van der Waals surface area contributed by atoms with Crippen LogP contribution in [-0.2, 0) is 13.2 Å². The first-order valence-electron chi connectivity index (χ1n) is 10.5. The van der Waals surface area contributed by atoms with E-state index in [9.17, 15) is 4.79 Å². The van der Waals surface area contributed by atoms with Crippen LogP contribution in [0.5, 0.6) is 5.75 Å². The van der Waals surface area contributed by atoms with Gasteiger partial charge in [-0.15, -0.1) is 0 Å². The number of likely N-dealkylation sites (tertiary alicyclic amines) is 1. The van der Waals surface area contributed by atoms with Gasteiger partial charge in [-0.05, 0) is 54.8 Å². The van der Waals surface area contributed by atoms with Gasteiger partial charge in [0.25, 0.3) is 5.91 Å². The summed E-state index contributed by atoms with van der Waals surface area (Å²) < 4.78 is 7.15. The summed E-state index contributed by atoms with van der Waals surface area (Å²) in [6.45, 7) is 3.82. The van der Waals surface area contributed by atoms with Crippen molar-refractivity contribution >= 4 is 33.4 Å². The van der Waals surface area contributed by atoms with Crippen LogP contribution in [-0.4, -0.2) is 40.4 Å². The van der Waals surface area contributed by atoms with Crippen LogP contribution in [0.25, 0.3) is 0 Å². The van der Waals surface area contributed by atoms with Crippen molar-refractivity contribution in [1.82, 2.24) is 20.2 Å². The van der Waals surface area contributed by atoms with Gasteiger partial charge in [0.05, 0.1) is 6.20 Å². The second kappa shape index (κ2) is 10.9. The minimum absolute atomic E-state index is 0.179. The van der Waals surface area contributed by atoms with Gasteiger partial charge >= 0.3 is 0 Å². The van der Waals surface area contributed by atoms with Crippen LogP contribution >= 0.6 is 27.5 Å². The molecule has 3 aromatic rings. The minimum Gasteiger partial charge on any atom is -0.489 e. The van der Waals surface area contributed by atoms with Gasteiger partial charge in [0, 0.05) is 47.1 Å². The Kier molecular flexibility index (Phi) is 7.73. The number of amides is 1. The molecule has 6 nitrogen and oxygen atoms in total. The van der Waals surface area contributed by atoms with Crippen LogP contribution in [0.2, 0.25) is 5.02 Å². The van der Waals surface area contributed by atoms with E-state index < -0.39 is 0 Å². The maximum atomic E-state index is 12.2. The molecule has 1 N–H and O–H groups in total. The predicted octanol–water partition coefficient (Wildman–Crippen LogP) is 4.72. The van der Waals surface area contributed by atoms with Gasteiger partial charge in [0.15, 0.2) is 0 Å². The Balaban J connectivity index is 1.31. The smallest absolute Gasteiger partial charge is 0.271 e. The third-order valence-electron chi connectivity index (χ3n) is 5.44. The number of hydrogen-bond donors (Lipinski definition) is 1. The number of carbonyl (C=O) groups is 1. The molecule has 0 spiro atoms. The van der Waals surface area contributed by atoms with Crippen molar-refractivity contribution in [3.05, 3.63) is 87.4 Å². The number of ether oxygens (including phenoxy) is 1. The molecule has 0 saturated carbocycles. The van der Waals surface area contributed by atoms with E-state index in [1.54, 1.807) is 6.20 Å². The second-order valence-electron chi connectivity index (χ2n) is 7.86. The number of aromatic nitrogens is 2. The van der Waals surface area contributed by atoms with E-state index in [4.69, 9.17) is 16.3 Å². The third-order valence-corrected chi connectivity index (χ3v) is 6.19. The normalized spacial score (nSPS) is 16.1. The van der Waals surface area contributed by atoms with Crippen molar-refractivity contribution in [1.29, 1.82) is 0 Å². The van der Waals surface area contributed by atoms with Gasteiger partial charge in [0.1, 0.15) is 18.1 Å². The molecule has 0 radical (unpaired) electrons. The quantitative estimate of drug-likeness (QED) is 0.470. The summed E-state index contributed by atoms with van der Waals surface area (Å²) in [6, 6.07) is 13.8. The van der Waals surface area contributed by atoms with Gasteiger partial charge in [-0.3, -0.25) is 14.7 Å². The van der Waals surface area contributed by atoms with Gasteiger partial charge in [-0.2, -0.15) is 0 Å². The van der Waals surface area contributed by atoms with Crippen LogP contribution in [0.3, 0.4) is 0 Å². The number of rotatable bonds is 8. The SMILES string of the molecule is O=C(NCC1CCN(Cc2cc(Br)ccc2OCc2ccc(Cl)cc2)C1)c1cnccn1. The highest BCUT2D eigenvalue weighted by Crippen LogP contribution is 2.28. The summed E-state index contributed by atoms with van der Waals surface area (Å²) in [5.41, 5.74) is 2.56. The maximum absolute atomic E-state index is 12.2. The summed E-state index contributed by atoms with van der Waals surface area (Å²) in [6.07, 6.45) is 5.60. The Labute approximate surface area is 201 Å². The van der Waals surface area contributed by atoms with E-state index in [0.717, 1.165) is 52.4 Å². The Hall–Kier alpha value is -2.48. The molecule has 1 atom stereocenters. The summed E-state index contributed by atoms with van der Waals surface area (Å²) in [5.74, 6) is 1.10. The number of nitrogens with zero attached hydrogens (tertiary/aromatic N) is 3. The topological polar surface area (TPSA) is 67.4 Å². The highest BCUT2D eigenvalue weighted by atomic mass is 79.9. The Morgan fingerprint density at radius 3 is 2.84 bits per heavy atom. The van der Waals surface area contributed by atoms with E-state index in [0.29, 0.717) is 24.8 Å². The molecule has 1 amide bonds. The number of benzene rings is 2. The number of carbonyl (C=O) groups excluding carboxylic acids is 1. The van der Waals surface area contributed by atoms with Gasteiger partial charge < -0.3 is 10.1 Å². The molecular formula is C24H24BrClN4O2. The third kappa shape index (κ3) is 6.28. The zero-order chi connectivity index (χ0) is 22.3. The highest BCUT2D eigenvalue weighted by Gasteiger charge is 2.24. The Morgan fingerprint density at radius 1 is 1.22 bits per heavy atom. The van der Waals surface area contributed by atoms with E-state index >= 15 is 0 Å². The van der Waals surface area contributed by atoms with E-state index in [1.807, 2.05) is 36.4 Å². The maximum Gasteiger partial charge on any atom is 0.271 e. The lowest BCUT2D eigenvalue weighted by Gasteiger charge is -2.19. The average molecular weight is 516 g/mol. The van der Waals surface area contributed by atoms with Gasteiger partial charge in [-0.25, -0.2) is 4.98 Å². The first-order valence-corrected chi connectivity index (χ1v) is 11.7. The summed E-state index contributed by atoms with van der Waals surface area (Å²) in [7, 11) is 0. The first-order chi connectivity index (χ1) is 15.6. The fourth-order valence-electron chi connectivity index (χ4n) is 3.76. The first kappa shape index (κ1) is 22.7. The molecule has 4 rings (SSSR count).